The molecule has 0 heterocycles. The third-order valence-electron chi connectivity index (χ3n) is 4.54. The SMILES string of the molecule is ClCc1cc(Br)c(OCC2CC3CCC2C3)c(Br)c1. The molecule has 0 spiro atoms. The molecule has 3 unspecified atom stereocenters. The number of fused-ring (bicyclic) bond motifs is 2. The minimum absolute atomic E-state index is 0.518. The molecular formula is C15H17Br2ClO. The molecule has 19 heavy (non-hydrogen) atoms. The first kappa shape index (κ1) is 14.2. The normalized spacial score (nSPS) is 28.9. The Bertz CT molecular complexity index is 454. The van der Waals surface area contributed by atoms with Crippen LogP contribution in [0.1, 0.15) is 31.2 Å². The third-order valence-corrected chi connectivity index (χ3v) is 6.03. The smallest absolute Gasteiger partial charge is 0.147 e. The van der Waals surface area contributed by atoms with Gasteiger partial charge in [-0.05, 0) is 86.6 Å². The fourth-order valence-electron chi connectivity index (χ4n) is 3.60. The molecular weight excluding hydrogens is 391 g/mol. The van der Waals surface area contributed by atoms with Gasteiger partial charge < -0.3 is 4.74 Å². The van der Waals surface area contributed by atoms with E-state index in [1.807, 2.05) is 12.1 Å². The van der Waals surface area contributed by atoms with Crippen molar-refractivity contribution in [3.8, 4) is 5.75 Å². The van der Waals surface area contributed by atoms with Gasteiger partial charge in [0.25, 0.3) is 0 Å². The van der Waals surface area contributed by atoms with Gasteiger partial charge in [-0.1, -0.05) is 6.42 Å². The lowest BCUT2D eigenvalue weighted by atomic mass is 9.89. The second kappa shape index (κ2) is 5.95. The highest BCUT2D eigenvalue weighted by atomic mass is 79.9. The lowest BCUT2D eigenvalue weighted by Gasteiger charge is -2.22. The average molecular weight is 409 g/mol. The summed E-state index contributed by atoms with van der Waals surface area (Å²) >= 11 is 13.0. The topological polar surface area (TPSA) is 9.23 Å². The largest absolute Gasteiger partial charge is 0.491 e. The zero-order chi connectivity index (χ0) is 13.4. The molecule has 2 saturated carbocycles. The molecule has 0 N–H and O–H groups in total. The molecule has 0 radical (unpaired) electrons. The van der Waals surface area contributed by atoms with E-state index in [4.69, 9.17) is 16.3 Å². The van der Waals surface area contributed by atoms with Crippen LogP contribution in [0.15, 0.2) is 21.1 Å². The Kier molecular flexibility index (Phi) is 4.45. The molecule has 2 aliphatic carbocycles. The maximum absolute atomic E-state index is 6.07. The van der Waals surface area contributed by atoms with Crippen molar-refractivity contribution < 1.29 is 4.74 Å². The lowest BCUT2D eigenvalue weighted by Crippen LogP contribution is -2.18. The number of ether oxygens (including phenoxy) is 1. The minimum atomic E-state index is 0.518. The first-order valence-corrected chi connectivity index (χ1v) is 8.96. The summed E-state index contributed by atoms with van der Waals surface area (Å²) in [5, 5.41) is 0. The van der Waals surface area contributed by atoms with Crippen LogP contribution in [0.4, 0.5) is 0 Å². The van der Waals surface area contributed by atoms with Crippen LogP contribution in [-0.2, 0) is 5.88 Å². The second-order valence-corrected chi connectivity index (χ2v) is 7.74. The molecule has 4 heteroatoms. The number of halogens is 3. The van der Waals surface area contributed by atoms with Crippen molar-refractivity contribution in [1.82, 2.24) is 0 Å². The third kappa shape index (κ3) is 2.98. The zero-order valence-corrected chi connectivity index (χ0v) is 14.6. The molecule has 2 bridgehead atoms. The van der Waals surface area contributed by atoms with Crippen molar-refractivity contribution in [2.24, 2.45) is 17.8 Å². The summed E-state index contributed by atoms with van der Waals surface area (Å²) in [5.74, 6) is 4.07. The van der Waals surface area contributed by atoms with E-state index in [0.717, 1.165) is 44.6 Å². The molecule has 0 saturated heterocycles. The van der Waals surface area contributed by atoms with Gasteiger partial charge in [0.1, 0.15) is 5.75 Å². The van der Waals surface area contributed by atoms with Gasteiger partial charge in [0.2, 0.25) is 0 Å². The maximum Gasteiger partial charge on any atom is 0.147 e. The first-order chi connectivity index (χ1) is 9.17. The fraction of sp³-hybridized carbons (Fsp3) is 0.600. The van der Waals surface area contributed by atoms with Gasteiger partial charge >= 0.3 is 0 Å². The van der Waals surface area contributed by atoms with E-state index in [1.165, 1.54) is 25.7 Å². The van der Waals surface area contributed by atoms with Crippen LogP contribution >= 0.6 is 43.5 Å². The van der Waals surface area contributed by atoms with Crippen LogP contribution in [0.25, 0.3) is 0 Å². The molecule has 104 valence electrons. The second-order valence-electron chi connectivity index (χ2n) is 5.77. The summed E-state index contributed by atoms with van der Waals surface area (Å²) in [4.78, 5) is 0. The van der Waals surface area contributed by atoms with Crippen LogP contribution in [0.5, 0.6) is 5.75 Å². The molecule has 0 aliphatic heterocycles. The van der Waals surface area contributed by atoms with Gasteiger partial charge in [0, 0.05) is 5.88 Å². The molecule has 3 atom stereocenters. The van der Waals surface area contributed by atoms with Crippen molar-refractivity contribution in [1.29, 1.82) is 0 Å². The van der Waals surface area contributed by atoms with E-state index in [-0.39, 0.29) is 0 Å². The van der Waals surface area contributed by atoms with E-state index in [1.54, 1.807) is 0 Å². The van der Waals surface area contributed by atoms with Crippen LogP contribution in [0.3, 0.4) is 0 Å². The highest BCUT2D eigenvalue weighted by molar-refractivity contribution is 9.11. The van der Waals surface area contributed by atoms with Crippen molar-refractivity contribution in [2.45, 2.75) is 31.6 Å². The van der Waals surface area contributed by atoms with Gasteiger partial charge in [0.05, 0.1) is 15.6 Å². The lowest BCUT2D eigenvalue weighted by molar-refractivity contribution is 0.193. The Hall–Kier alpha value is 0.270. The zero-order valence-electron chi connectivity index (χ0n) is 10.7. The summed E-state index contributed by atoms with van der Waals surface area (Å²) in [7, 11) is 0. The van der Waals surface area contributed by atoms with Gasteiger partial charge in [-0.25, -0.2) is 0 Å². The van der Waals surface area contributed by atoms with Gasteiger partial charge in [-0.3, -0.25) is 0 Å². The summed E-state index contributed by atoms with van der Waals surface area (Å²) in [6.45, 7) is 0.846. The quantitative estimate of drug-likeness (QED) is 0.575. The van der Waals surface area contributed by atoms with E-state index >= 15 is 0 Å². The van der Waals surface area contributed by atoms with Crippen molar-refractivity contribution in [3.63, 3.8) is 0 Å². The van der Waals surface area contributed by atoms with E-state index in [9.17, 15) is 0 Å². The van der Waals surface area contributed by atoms with Crippen LogP contribution < -0.4 is 4.74 Å². The predicted octanol–water partition coefficient (Wildman–Crippen LogP) is 5.77. The Morgan fingerprint density at radius 1 is 1.16 bits per heavy atom. The molecule has 3 rings (SSSR count). The Balaban J connectivity index is 1.67. The monoisotopic (exact) mass is 406 g/mol. The Labute approximate surface area is 136 Å². The van der Waals surface area contributed by atoms with Crippen molar-refractivity contribution >= 4 is 43.5 Å². The molecule has 0 aromatic heterocycles. The molecule has 1 nitrogen and oxygen atoms in total. The minimum Gasteiger partial charge on any atom is -0.491 e. The van der Waals surface area contributed by atoms with Crippen LogP contribution in [-0.4, -0.2) is 6.61 Å². The number of benzene rings is 1. The van der Waals surface area contributed by atoms with E-state index in [2.05, 4.69) is 31.9 Å². The van der Waals surface area contributed by atoms with Crippen LogP contribution in [0, 0.1) is 17.8 Å². The molecule has 0 amide bonds. The fourth-order valence-corrected chi connectivity index (χ4v) is 5.26. The average Bonchev–Trinajstić information content (AvgIpc) is 2.99. The van der Waals surface area contributed by atoms with E-state index < -0.39 is 0 Å². The highest BCUT2D eigenvalue weighted by Gasteiger charge is 2.39. The Morgan fingerprint density at radius 2 is 1.89 bits per heavy atom. The first-order valence-electron chi connectivity index (χ1n) is 6.84. The van der Waals surface area contributed by atoms with Gasteiger partial charge in [0.15, 0.2) is 0 Å². The predicted molar refractivity (Wildman–Crippen MR) is 85.8 cm³/mol. The van der Waals surface area contributed by atoms with Crippen molar-refractivity contribution in [3.05, 3.63) is 26.6 Å². The van der Waals surface area contributed by atoms with Gasteiger partial charge in [-0.15, -0.1) is 11.6 Å². The summed E-state index contributed by atoms with van der Waals surface area (Å²) < 4.78 is 8.04. The molecule has 2 fully saturated rings. The van der Waals surface area contributed by atoms with E-state index in [0.29, 0.717) is 5.88 Å². The standard InChI is InChI=1S/C15H17Br2ClO/c16-13-5-10(7-18)6-14(17)15(13)19-8-12-4-9-1-2-11(12)3-9/h5-6,9,11-12H,1-4,7-8H2. The Morgan fingerprint density at radius 3 is 2.42 bits per heavy atom. The summed E-state index contributed by atoms with van der Waals surface area (Å²) in [5.41, 5.74) is 1.09. The highest BCUT2D eigenvalue weighted by Crippen LogP contribution is 2.48. The van der Waals surface area contributed by atoms with Gasteiger partial charge in [-0.2, -0.15) is 0 Å². The number of rotatable bonds is 4. The van der Waals surface area contributed by atoms with Crippen LogP contribution in [0.2, 0.25) is 0 Å². The maximum atomic E-state index is 6.07. The molecule has 1 aromatic rings. The van der Waals surface area contributed by atoms with Crippen molar-refractivity contribution in [2.75, 3.05) is 6.61 Å². The molecule has 1 aromatic carbocycles. The summed E-state index contributed by atoms with van der Waals surface area (Å²) in [6, 6.07) is 4.07. The summed E-state index contributed by atoms with van der Waals surface area (Å²) in [6.07, 6.45) is 5.65. The number of alkyl halides is 1. The number of hydrogen-bond acceptors (Lipinski definition) is 1. The molecule has 2 aliphatic rings. The number of hydrogen-bond donors (Lipinski definition) is 0.